The van der Waals surface area contributed by atoms with Crippen molar-refractivity contribution in [2.24, 2.45) is 0 Å². The number of rotatable bonds is 18. The Labute approximate surface area is 193 Å². The van der Waals surface area contributed by atoms with Crippen molar-refractivity contribution in [2.75, 3.05) is 0 Å². The summed E-state index contributed by atoms with van der Waals surface area (Å²) in [5.41, 5.74) is 5.87. The number of hydrogen-bond donors (Lipinski definition) is 0. The summed E-state index contributed by atoms with van der Waals surface area (Å²) in [5.74, 6) is 0. The molecular weight excluding hydrogens is 372 g/mol. The summed E-state index contributed by atoms with van der Waals surface area (Å²) in [6.45, 7) is 4.58. The number of aryl methyl sites for hydroxylation is 2. The monoisotopic (exact) mass is 420 g/mol. The molecule has 2 aromatic carbocycles. The molecule has 0 N–H and O–H groups in total. The Morgan fingerprint density at radius 1 is 0.355 bits per heavy atom. The lowest BCUT2D eigenvalue weighted by Crippen LogP contribution is -1.92. The maximum atomic E-state index is 2.35. The van der Waals surface area contributed by atoms with Crippen LogP contribution in [0.25, 0.3) is 0 Å². The summed E-state index contributed by atoms with van der Waals surface area (Å²) < 4.78 is 0. The predicted octanol–water partition coefficient (Wildman–Crippen LogP) is 9.86. The average molecular weight is 421 g/mol. The summed E-state index contributed by atoms with van der Waals surface area (Å²) >= 11 is 0. The molecule has 31 heavy (non-hydrogen) atoms. The standard InChI is InChI=1S/C31H48/c1-3-5-7-9-11-13-15-17-28-19-23-30(24-20-28)27-31-25-21-29(22-26-31)18-16-14-12-10-8-6-4-2/h19-26H,3-18,27H2,1-2H3. The molecule has 2 aromatic rings. The van der Waals surface area contributed by atoms with Gasteiger partial charge in [0, 0.05) is 0 Å². The summed E-state index contributed by atoms with van der Waals surface area (Å²) in [4.78, 5) is 0. The zero-order valence-electron chi connectivity index (χ0n) is 20.6. The van der Waals surface area contributed by atoms with E-state index in [4.69, 9.17) is 0 Å². The molecule has 172 valence electrons. The Bertz CT molecular complexity index is 590. The molecule has 0 fully saturated rings. The maximum Gasteiger partial charge on any atom is -0.00258 e. The molecule has 0 aliphatic heterocycles. The van der Waals surface area contributed by atoms with Gasteiger partial charge in [-0.05, 0) is 54.4 Å². The normalized spacial score (nSPS) is 11.2. The second-order valence-corrected chi connectivity index (χ2v) is 9.55. The Kier molecular flexibility index (Phi) is 14.1. The molecule has 0 saturated carbocycles. The van der Waals surface area contributed by atoms with E-state index in [0.29, 0.717) is 0 Å². The first-order chi connectivity index (χ1) is 15.3. The van der Waals surface area contributed by atoms with Gasteiger partial charge in [-0.2, -0.15) is 0 Å². The van der Waals surface area contributed by atoms with Crippen molar-refractivity contribution in [3.05, 3.63) is 70.8 Å². The Balaban J connectivity index is 1.61. The van der Waals surface area contributed by atoms with Gasteiger partial charge in [0.25, 0.3) is 0 Å². The van der Waals surface area contributed by atoms with E-state index < -0.39 is 0 Å². The van der Waals surface area contributed by atoms with Crippen LogP contribution in [0.15, 0.2) is 48.5 Å². The molecular formula is C31H48. The van der Waals surface area contributed by atoms with Crippen molar-refractivity contribution >= 4 is 0 Å². The van der Waals surface area contributed by atoms with Crippen LogP contribution in [-0.2, 0) is 19.3 Å². The third kappa shape index (κ3) is 12.2. The van der Waals surface area contributed by atoms with Crippen LogP contribution in [0.5, 0.6) is 0 Å². The molecule has 0 bridgehead atoms. The highest BCUT2D eigenvalue weighted by Crippen LogP contribution is 2.16. The molecule has 0 nitrogen and oxygen atoms in total. The second kappa shape index (κ2) is 17.0. The lowest BCUT2D eigenvalue weighted by molar-refractivity contribution is 0.589. The minimum atomic E-state index is 1.05. The topological polar surface area (TPSA) is 0 Å². The van der Waals surface area contributed by atoms with Crippen LogP contribution in [-0.4, -0.2) is 0 Å². The van der Waals surface area contributed by atoms with Crippen LogP contribution >= 0.6 is 0 Å². The molecule has 0 aliphatic carbocycles. The molecule has 0 radical (unpaired) electrons. The Hall–Kier alpha value is -1.56. The highest BCUT2D eigenvalue weighted by Gasteiger charge is 2.00. The van der Waals surface area contributed by atoms with Gasteiger partial charge >= 0.3 is 0 Å². The number of benzene rings is 2. The quantitative estimate of drug-likeness (QED) is 0.210. The van der Waals surface area contributed by atoms with E-state index in [1.54, 1.807) is 0 Å². The lowest BCUT2D eigenvalue weighted by Gasteiger charge is -2.07. The molecule has 0 heterocycles. The second-order valence-electron chi connectivity index (χ2n) is 9.55. The van der Waals surface area contributed by atoms with Gasteiger partial charge in [0.15, 0.2) is 0 Å². The summed E-state index contributed by atoms with van der Waals surface area (Å²) in [6, 6.07) is 18.7. The van der Waals surface area contributed by atoms with E-state index in [1.165, 1.54) is 125 Å². The fourth-order valence-corrected chi connectivity index (χ4v) is 4.46. The number of unbranched alkanes of at least 4 members (excludes halogenated alkanes) is 12. The third-order valence-corrected chi connectivity index (χ3v) is 6.59. The van der Waals surface area contributed by atoms with Gasteiger partial charge in [0.2, 0.25) is 0 Å². The smallest absolute Gasteiger partial charge is 0.00258 e. The first-order valence-electron chi connectivity index (χ1n) is 13.5. The molecule has 0 amide bonds. The Morgan fingerprint density at radius 2 is 0.645 bits per heavy atom. The van der Waals surface area contributed by atoms with Crippen LogP contribution in [0.2, 0.25) is 0 Å². The van der Waals surface area contributed by atoms with Gasteiger partial charge in [-0.1, -0.05) is 139 Å². The maximum absolute atomic E-state index is 2.35. The van der Waals surface area contributed by atoms with Crippen molar-refractivity contribution in [3.8, 4) is 0 Å². The van der Waals surface area contributed by atoms with Gasteiger partial charge < -0.3 is 0 Å². The number of hydrogen-bond acceptors (Lipinski definition) is 0. The SMILES string of the molecule is CCCCCCCCCc1ccc(Cc2ccc(CCCCCCCCC)cc2)cc1. The fourth-order valence-electron chi connectivity index (χ4n) is 4.46. The summed E-state index contributed by atoms with van der Waals surface area (Å²) in [6.07, 6.45) is 23.0. The zero-order chi connectivity index (χ0) is 22.0. The van der Waals surface area contributed by atoms with E-state index in [0.717, 1.165) is 6.42 Å². The molecule has 0 heteroatoms. The minimum absolute atomic E-state index is 1.05. The molecule has 0 unspecified atom stereocenters. The summed E-state index contributed by atoms with van der Waals surface area (Å²) in [5, 5.41) is 0. The highest BCUT2D eigenvalue weighted by molar-refractivity contribution is 5.30. The first kappa shape index (κ1) is 25.7. The van der Waals surface area contributed by atoms with Gasteiger partial charge in [0.1, 0.15) is 0 Å². The third-order valence-electron chi connectivity index (χ3n) is 6.59. The van der Waals surface area contributed by atoms with Crippen LogP contribution in [0.3, 0.4) is 0 Å². The van der Waals surface area contributed by atoms with E-state index in [1.807, 2.05) is 0 Å². The van der Waals surface area contributed by atoms with Crippen molar-refractivity contribution in [1.82, 2.24) is 0 Å². The van der Waals surface area contributed by atoms with Crippen molar-refractivity contribution in [1.29, 1.82) is 0 Å². The Morgan fingerprint density at radius 3 is 1.00 bits per heavy atom. The van der Waals surface area contributed by atoms with Crippen LogP contribution in [0.4, 0.5) is 0 Å². The first-order valence-corrected chi connectivity index (χ1v) is 13.5. The van der Waals surface area contributed by atoms with Gasteiger partial charge in [-0.25, -0.2) is 0 Å². The van der Waals surface area contributed by atoms with E-state index >= 15 is 0 Å². The van der Waals surface area contributed by atoms with Crippen LogP contribution in [0.1, 0.15) is 126 Å². The van der Waals surface area contributed by atoms with E-state index in [9.17, 15) is 0 Å². The lowest BCUT2D eigenvalue weighted by atomic mass is 9.99. The van der Waals surface area contributed by atoms with Gasteiger partial charge in [-0.15, -0.1) is 0 Å². The summed E-state index contributed by atoms with van der Waals surface area (Å²) in [7, 11) is 0. The molecule has 0 atom stereocenters. The molecule has 0 aromatic heterocycles. The fraction of sp³-hybridized carbons (Fsp3) is 0.613. The highest BCUT2D eigenvalue weighted by atomic mass is 14.1. The van der Waals surface area contributed by atoms with Crippen molar-refractivity contribution in [3.63, 3.8) is 0 Å². The minimum Gasteiger partial charge on any atom is -0.0654 e. The molecule has 0 spiro atoms. The van der Waals surface area contributed by atoms with Crippen LogP contribution < -0.4 is 0 Å². The molecule has 2 rings (SSSR count). The molecule has 0 aliphatic rings. The van der Waals surface area contributed by atoms with Crippen LogP contribution in [0, 0.1) is 0 Å². The largest absolute Gasteiger partial charge is 0.0654 e. The zero-order valence-corrected chi connectivity index (χ0v) is 20.6. The molecule has 0 saturated heterocycles. The average Bonchev–Trinajstić information content (AvgIpc) is 2.80. The van der Waals surface area contributed by atoms with Crippen molar-refractivity contribution < 1.29 is 0 Å². The van der Waals surface area contributed by atoms with E-state index in [-0.39, 0.29) is 0 Å². The van der Waals surface area contributed by atoms with Gasteiger partial charge in [-0.3, -0.25) is 0 Å². The predicted molar refractivity (Wildman–Crippen MR) is 139 cm³/mol. The van der Waals surface area contributed by atoms with Gasteiger partial charge in [0.05, 0.1) is 0 Å². The van der Waals surface area contributed by atoms with E-state index in [2.05, 4.69) is 62.4 Å². The van der Waals surface area contributed by atoms with Crippen molar-refractivity contribution in [2.45, 2.75) is 123 Å².